The number of guanidine groups is 1. The predicted molar refractivity (Wildman–Crippen MR) is 44.0 cm³/mol. The van der Waals surface area contributed by atoms with Crippen LogP contribution in [0.25, 0.3) is 0 Å². The summed E-state index contributed by atoms with van der Waals surface area (Å²) in [6, 6.07) is 1.72. The molecule has 0 radical (unpaired) electrons. The maximum atomic E-state index is 5.41. The molecule has 0 aliphatic heterocycles. The highest BCUT2D eigenvalue weighted by Crippen LogP contribution is 1.81. The van der Waals surface area contributed by atoms with Gasteiger partial charge in [-0.3, -0.25) is 5.41 Å². The van der Waals surface area contributed by atoms with Gasteiger partial charge in [-0.2, -0.15) is 0 Å². The number of rotatable bonds is 0. The molecule has 8 heteroatoms. The van der Waals surface area contributed by atoms with Crippen molar-refractivity contribution in [1.29, 1.82) is 0 Å². The van der Waals surface area contributed by atoms with E-state index in [4.69, 9.17) is 16.9 Å². The first-order valence-electron chi connectivity index (χ1n) is 2.92. The Morgan fingerprint density at radius 3 is 2.46 bits per heavy atom. The van der Waals surface area contributed by atoms with Gasteiger partial charge in [0.25, 0.3) is 5.96 Å². The zero-order valence-corrected chi connectivity index (χ0v) is 7.44. The van der Waals surface area contributed by atoms with Crippen molar-refractivity contribution in [1.82, 2.24) is 9.78 Å². The van der Waals surface area contributed by atoms with Crippen molar-refractivity contribution in [2.45, 2.75) is 0 Å². The van der Waals surface area contributed by atoms with E-state index in [1.165, 1.54) is 4.68 Å². The summed E-state index contributed by atoms with van der Waals surface area (Å²) in [5.41, 5.74) is 10.2. The Kier molecular flexibility index (Phi) is 6.42. The van der Waals surface area contributed by atoms with Gasteiger partial charge < -0.3 is 29.4 Å². The van der Waals surface area contributed by atoms with Crippen LogP contribution < -0.4 is 29.3 Å². The molecular formula is C5H11ClN6O. The highest BCUT2D eigenvalue weighted by molar-refractivity contribution is 5.90. The van der Waals surface area contributed by atoms with Gasteiger partial charge >= 0.3 is 5.96 Å². The summed E-state index contributed by atoms with van der Waals surface area (Å²) >= 11 is 0. The highest BCUT2D eigenvalue weighted by Gasteiger charge is 2.06. The van der Waals surface area contributed by atoms with E-state index < -0.39 is 0 Å². The number of nitrogens with two attached hydrogens (primary N) is 3. The smallest absolute Gasteiger partial charge is 0.416 e. The zero-order chi connectivity index (χ0) is 8.27. The van der Waals surface area contributed by atoms with Gasteiger partial charge in [0.1, 0.15) is 0 Å². The van der Waals surface area contributed by atoms with Gasteiger partial charge in [0, 0.05) is 0 Å². The van der Waals surface area contributed by atoms with E-state index in [0.29, 0.717) is 0 Å². The van der Waals surface area contributed by atoms with E-state index in [2.05, 4.69) is 10.1 Å². The van der Waals surface area contributed by atoms with E-state index in [1.54, 1.807) is 18.5 Å². The first-order valence-corrected chi connectivity index (χ1v) is 2.92. The van der Waals surface area contributed by atoms with Crippen molar-refractivity contribution in [3.05, 3.63) is 18.5 Å². The number of hydrogen-bond donors (Lipinski definition) is 3. The Morgan fingerprint density at radius 1 is 1.46 bits per heavy atom. The third-order valence-corrected chi connectivity index (χ3v) is 0.983. The summed E-state index contributed by atoms with van der Waals surface area (Å²) in [6.45, 7) is 0. The third-order valence-electron chi connectivity index (χ3n) is 0.983. The van der Waals surface area contributed by atoms with Crippen LogP contribution in [-0.2, 0) is 0 Å². The number of hydrogen-bond acceptors (Lipinski definition) is 1. The predicted octanol–water partition coefficient (Wildman–Crippen LogP) is -6.70. The molecule has 0 aliphatic carbocycles. The number of aliphatic imine (C=N–C) groups is 1. The summed E-state index contributed by atoms with van der Waals surface area (Å²) in [5, 5.41) is 9.22. The molecule has 0 spiro atoms. The molecule has 0 saturated heterocycles. The molecule has 8 N–H and O–H groups in total. The first kappa shape index (κ1) is 14.0. The SMILES string of the molecule is NC(N)=NC(=[NH2+])n1cccn1.O.[Cl-]. The quantitative estimate of drug-likeness (QED) is 0.287. The lowest BCUT2D eigenvalue weighted by molar-refractivity contribution is -0.120. The Morgan fingerprint density at radius 2 is 2.08 bits per heavy atom. The van der Waals surface area contributed by atoms with E-state index >= 15 is 0 Å². The second-order valence-electron chi connectivity index (χ2n) is 1.85. The van der Waals surface area contributed by atoms with E-state index in [9.17, 15) is 0 Å². The fourth-order valence-electron chi connectivity index (χ4n) is 0.588. The van der Waals surface area contributed by atoms with Gasteiger partial charge in [-0.05, 0) is 11.1 Å². The molecule has 13 heavy (non-hydrogen) atoms. The molecule has 0 atom stereocenters. The fourth-order valence-corrected chi connectivity index (χ4v) is 0.588. The van der Waals surface area contributed by atoms with Crippen LogP contribution in [0.4, 0.5) is 0 Å². The molecule has 74 valence electrons. The Hall–Kier alpha value is -1.60. The van der Waals surface area contributed by atoms with Crippen molar-refractivity contribution >= 4 is 11.9 Å². The normalized spacial score (nSPS) is 7.69. The average molecular weight is 207 g/mol. The van der Waals surface area contributed by atoms with E-state index in [-0.39, 0.29) is 29.8 Å². The molecule has 0 fully saturated rings. The molecule has 0 bridgehead atoms. The lowest BCUT2D eigenvalue weighted by Crippen LogP contribution is -3.00. The van der Waals surface area contributed by atoms with E-state index in [1.807, 2.05) is 0 Å². The second-order valence-corrected chi connectivity index (χ2v) is 1.85. The van der Waals surface area contributed by atoms with Crippen LogP contribution in [0, 0.1) is 0 Å². The van der Waals surface area contributed by atoms with Crippen molar-refractivity contribution in [2.75, 3.05) is 0 Å². The van der Waals surface area contributed by atoms with Gasteiger partial charge in [0.15, 0.2) is 0 Å². The topological polar surface area (TPSA) is 139 Å². The number of halogens is 1. The zero-order valence-electron chi connectivity index (χ0n) is 6.68. The minimum absolute atomic E-state index is 0. The van der Waals surface area contributed by atoms with Gasteiger partial charge in [-0.1, -0.05) is 0 Å². The molecule has 1 aromatic rings. The molecule has 1 rings (SSSR count). The summed E-state index contributed by atoms with van der Waals surface area (Å²) in [4.78, 5) is 3.59. The average Bonchev–Trinajstić information content (AvgIpc) is 2.35. The summed E-state index contributed by atoms with van der Waals surface area (Å²) in [5.74, 6) is 0.0630. The summed E-state index contributed by atoms with van der Waals surface area (Å²) in [6.07, 6.45) is 3.22. The first-order chi connectivity index (χ1) is 5.20. The molecule has 0 aliphatic rings. The summed E-state index contributed by atoms with van der Waals surface area (Å²) < 4.78 is 1.36. The van der Waals surface area contributed by atoms with Crippen LogP contribution in [0.3, 0.4) is 0 Å². The van der Waals surface area contributed by atoms with Crippen LogP contribution >= 0.6 is 0 Å². The van der Waals surface area contributed by atoms with Crippen LogP contribution in [0.2, 0.25) is 0 Å². The fraction of sp³-hybridized carbons (Fsp3) is 0. The van der Waals surface area contributed by atoms with Crippen LogP contribution in [0.15, 0.2) is 23.5 Å². The maximum Gasteiger partial charge on any atom is 0.416 e. The van der Waals surface area contributed by atoms with Crippen LogP contribution in [-0.4, -0.2) is 27.2 Å². The molecule has 0 aromatic carbocycles. The third kappa shape index (κ3) is 4.09. The number of nitrogens with zero attached hydrogens (tertiary/aromatic N) is 3. The van der Waals surface area contributed by atoms with Crippen LogP contribution in [0.5, 0.6) is 0 Å². The van der Waals surface area contributed by atoms with Gasteiger partial charge in [-0.25, -0.2) is 0 Å². The number of aromatic nitrogens is 2. The lowest BCUT2D eigenvalue weighted by Gasteiger charge is -1.85. The molecule has 7 nitrogen and oxygen atoms in total. The van der Waals surface area contributed by atoms with E-state index in [0.717, 1.165) is 0 Å². The molecule has 0 unspecified atom stereocenters. The largest absolute Gasteiger partial charge is 1.00 e. The van der Waals surface area contributed by atoms with Crippen molar-refractivity contribution in [2.24, 2.45) is 16.5 Å². The van der Waals surface area contributed by atoms with Gasteiger partial charge in [0.05, 0.1) is 12.4 Å². The van der Waals surface area contributed by atoms with Gasteiger partial charge in [0.2, 0.25) is 0 Å². The van der Waals surface area contributed by atoms with Gasteiger partial charge in [-0.15, -0.1) is 9.78 Å². The lowest BCUT2D eigenvalue weighted by atomic mass is 10.7. The Labute approximate surface area is 80.7 Å². The Bertz CT molecular complexity index is 277. The second kappa shape index (κ2) is 5.98. The minimum atomic E-state index is -0.0852. The highest BCUT2D eigenvalue weighted by atomic mass is 35.5. The van der Waals surface area contributed by atoms with Crippen molar-refractivity contribution in [3.8, 4) is 0 Å². The van der Waals surface area contributed by atoms with Crippen molar-refractivity contribution in [3.63, 3.8) is 0 Å². The monoisotopic (exact) mass is 206 g/mol. The molecule has 0 amide bonds. The maximum absolute atomic E-state index is 5.41. The molecule has 0 saturated carbocycles. The molecule has 1 aromatic heterocycles. The summed E-state index contributed by atoms with van der Waals surface area (Å²) in [7, 11) is 0. The molecule has 1 heterocycles. The van der Waals surface area contributed by atoms with Crippen LogP contribution in [0.1, 0.15) is 0 Å². The molecular weight excluding hydrogens is 196 g/mol. The minimum Gasteiger partial charge on any atom is -1.00 e. The van der Waals surface area contributed by atoms with Crippen molar-refractivity contribution < 1.29 is 23.3 Å². The Balaban J connectivity index is 0. The standard InChI is InChI=1S/C5H8N6.ClH.H2O/c6-4(7)10-5(8)11-3-1-2-9-11;;/h1-3H,(H5,6,7,8,10);1H;1H2.